The zero-order valence-electron chi connectivity index (χ0n) is 16.4. The van der Waals surface area contributed by atoms with Gasteiger partial charge < -0.3 is 10.2 Å². The number of nitrogens with zero attached hydrogens (tertiary/aromatic N) is 5. The van der Waals surface area contributed by atoms with Crippen molar-refractivity contribution in [1.29, 1.82) is 0 Å². The molecule has 2 aliphatic rings. The van der Waals surface area contributed by atoms with Crippen LogP contribution in [0.3, 0.4) is 0 Å². The summed E-state index contributed by atoms with van der Waals surface area (Å²) in [6.45, 7) is 0.262. The quantitative estimate of drug-likeness (QED) is 0.697. The Balaban J connectivity index is 1.60. The van der Waals surface area contributed by atoms with Crippen LogP contribution in [0.15, 0.2) is 59.9 Å². The molecule has 0 aliphatic carbocycles. The maximum Gasteiger partial charge on any atom is 0.347 e. The average Bonchev–Trinajstić information content (AvgIpc) is 3.41. The van der Waals surface area contributed by atoms with Crippen molar-refractivity contribution in [3.8, 4) is 0 Å². The van der Waals surface area contributed by atoms with Crippen LogP contribution in [0.2, 0.25) is 0 Å². The van der Waals surface area contributed by atoms with E-state index in [1.54, 1.807) is 28.9 Å². The fourth-order valence-electron chi connectivity index (χ4n) is 4.74. The minimum Gasteiger partial charge on any atom is -0.332 e. The minimum absolute atomic E-state index is 0.119. The Morgan fingerprint density at radius 1 is 1.27 bits per heavy atom. The predicted octanol–water partition coefficient (Wildman–Crippen LogP) is 0.840. The number of amides is 2. The molecule has 1 fully saturated rings. The molecular formula is C21H20N6O3. The predicted molar refractivity (Wildman–Crippen MR) is 108 cm³/mol. The zero-order valence-corrected chi connectivity index (χ0v) is 16.4. The first-order valence-corrected chi connectivity index (χ1v) is 9.71. The van der Waals surface area contributed by atoms with Crippen molar-refractivity contribution >= 4 is 17.5 Å². The maximum absolute atomic E-state index is 13.3. The lowest BCUT2D eigenvalue weighted by Crippen LogP contribution is -2.44. The maximum atomic E-state index is 13.3. The fraction of sp³-hybridized carbons (Fsp3) is 0.286. The largest absolute Gasteiger partial charge is 0.347 e. The first-order chi connectivity index (χ1) is 14.5. The molecule has 2 aliphatic heterocycles. The van der Waals surface area contributed by atoms with Crippen LogP contribution >= 0.6 is 0 Å². The number of nitrogens with one attached hydrogen (secondary N) is 1. The van der Waals surface area contributed by atoms with E-state index in [4.69, 9.17) is 0 Å². The van der Waals surface area contributed by atoms with E-state index in [0.717, 1.165) is 16.8 Å². The number of carbonyl (C=O) groups is 2. The second kappa shape index (κ2) is 6.65. The Morgan fingerprint density at radius 3 is 2.87 bits per heavy atom. The molecule has 4 heterocycles. The number of aryl methyl sites for hydroxylation is 1. The van der Waals surface area contributed by atoms with E-state index in [-0.39, 0.29) is 18.4 Å². The molecule has 0 radical (unpaired) electrons. The molecule has 2 amide bonds. The molecule has 0 saturated carbocycles. The average molecular weight is 404 g/mol. The van der Waals surface area contributed by atoms with Gasteiger partial charge in [-0.25, -0.2) is 9.78 Å². The lowest BCUT2D eigenvalue weighted by atomic mass is 9.73. The highest BCUT2D eigenvalue weighted by atomic mass is 16.2. The Labute approximate surface area is 172 Å². The molecule has 9 heteroatoms. The number of fused-ring (bicyclic) bond motifs is 2. The van der Waals surface area contributed by atoms with Crippen molar-refractivity contribution in [2.24, 2.45) is 7.05 Å². The van der Waals surface area contributed by atoms with Gasteiger partial charge in [0.25, 0.3) is 0 Å². The lowest BCUT2D eigenvalue weighted by Gasteiger charge is -2.33. The van der Waals surface area contributed by atoms with E-state index < -0.39 is 17.1 Å². The van der Waals surface area contributed by atoms with E-state index in [1.165, 1.54) is 17.0 Å². The van der Waals surface area contributed by atoms with Crippen LogP contribution < -0.4 is 11.0 Å². The summed E-state index contributed by atoms with van der Waals surface area (Å²) in [5.41, 5.74) is 1.07. The van der Waals surface area contributed by atoms with Gasteiger partial charge in [-0.05, 0) is 24.1 Å². The molecule has 9 nitrogen and oxygen atoms in total. The summed E-state index contributed by atoms with van der Waals surface area (Å²) in [6, 6.07) is 8.69. The number of anilines is 1. The number of para-hydroxylation sites is 1. The van der Waals surface area contributed by atoms with Crippen LogP contribution in [0.4, 0.5) is 5.69 Å². The van der Waals surface area contributed by atoms with Crippen LogP contribution in [-0.2, 0) is 28.6 Å². The van der Waals surface area contributed by atoms with Gasteiger partial charge in [-0.2, -0.15) is 5.10 Å². The topological polar surface area (TPSA) is 102 Å². The van der Waals surface area contributed by atoms with Gasteiger partial charge >= 0.3 is 5.69 Å². The van der Waals surface area contributed by atoms with Gasteiger partial charge in [0.2, 0.25) is 11.8 Å². The van der Waals surface area contributed by atoms with E-state index >= 15 is 0 Å². The van der Waals surface area contributed by atoms with Crippen molar-refractivity contribution < 1.29 is 9.59 Å². The van der Waals surface area contributed by atoms with Gasteiger partial charge in [0.15, 0.2) is 0 Å². The normalized spacial score (nSPS) is 22.4. The van der Waals surface area contributed by atoms with Gasteiger partial charge in [-0.3, -0.25) is 18.8 Å². The highest BCUT2D eigenvalue weighted by Gasteiger charge is 2.59. The Morgan fingerprint density at radius 2 is 2.10 bits per heavy atom. The van der Waals surface area contributed by atoms with Crippen LogP contribution in [0.5, 0.6) is 0 Å². The van der Waals surface area contributed by atoms with Crippen LogP contribution in [-0.4, -0.2) is 42.6 Å². The van der Waals surface area contributed by atoms with E-state index in [0.29, 0.717) is 13.0 Å². The van der Waals surface area contributed by atoms with E-state index in [9.17, 15) is 14.4 Å². The van der Waals surface area contributed by atoms with Crippen molar-refractivity contribution in [3.05, 3.63) is 76.7 Å². The van der Waals surface area contributed by atoms with Crippen LogP contribution in [0, 0.1) is 0 Å². The summed E-state index contributed by atoms with van der Waals surface area (Å²) < 4.78 is 2.94. The summed E-state index contributed by atoms with van der Waals surface area (Å²) in [6.07, 6.45) is 6.95. The zero-order chi connectivity index (χ0) is 20.9. The minimum atomic E-state index is -0.894. The highest BCUT2D eigenvalue weighted by molar-refractivity contribution is 6.07. The molecule has 2 atom stereocenters. The number of rotatable bonds is 3. The SMILES string of the molecule is Cn1cc([C@@H]2N(C(=O)Cn3cccnc3=O)CC[C@]23C(=O)Nc2ccccc23)cn1. The number of hydrogen-bond acceptors (Lipinski definition) is 5. The fourth-order valence-corrected chi connectivity index (χ4v) is 4.74. The van der Waals surface area contributed by atoms with E-state index in [1.807, 2.05) is 30.5 Å². The van der Waals surface area contributed by atoms with Gasteiger partial charge in [0.1, 0.15) is 12.0 Å². The molecule has 1 N–H and O–H groups in total. The van der Waals surface area contributed by atoms with Gasteiger partial charge in [0, 0.05) is 43.4 Å². The first kappa shape index (κ1) is 18.3. The molecule has 0 unspecified atom stereocenters. The van der Waals surface area contributed by atoms with Crippen molar-refractivity contribution in [2.45, 2.75) is 24.4 Å². The monoisotopic (exact) mass is 404 g/mol. The van der Waals surface area contributed by atoms with Gasteiger partial charge in [-0.15, -0.1) is 0 Å². The third kappa shape index (κ3) is 2.58. The molecule has 1 spiro atoms. The second-order valence-corrected chi connectivity index (χ2v) is 7.69. The van der Waals surface area contributed by atoms with Crippen LogP contribution in [0.1, 0.15) is 23.6 Å². The second-order valence-electron chi connectivity index (χ2n) is 7.69. The Hall–Kier alpha value is -3.75. The summed E-state index contributed by atoms with van der Waals surface area (Å²) in [4.78, 5) is 44.0. The molecule has 152 valence electrons. The summed E-state index contributed by atoms with van der Waals surface area (Å²) >= 11 is 0. The Bertz CT molecular complexity index is 1210. The first-order valence-electron chi connectivity index (χ1n) is 9.71. The summed E-state index contributed by atoms with van der Waals surface area (Å²) in [7, 11) is 1.80. The van der Waals surface area contributed by atoms with Crippen LogP contribution in [0.25, 0.3) is 0 Å². The number of aromatic nitrogens is 4. The third-order valence-corrected chi connectivity index (χ3v) is 6.04. The lowest BCUT2D eigenvalue weighted by molar-refractivity contribution is -0.134. The van der Waals surface area contributed by atoms with Crippen molar-refractivity contribution in [3.63, 3.8) is 0 Å². The number of likely N-dealkylation sites (tertiary alicyclic amines) is 1. The number of benzene rings is 1. The molecule has 2 aromatic heterocycles. The molecule has 1 saturated heterocycles. The molecule has 30 heavy (non-hydrogen) atoms. The number of hydrogen-bond donors (Lipinski definition) is 1. The summed E-state index contributed by atoms with van der Waals surface area (Å²) in [5, 5.41) is 7.26. The smallest absolute Gasteiger partial charge is 0.332 e. The highest BCUT2D eigenvalue weighted by Crippen LogP contribution is 2.54. The van der Waals surface area contributed by atoms with Gasteiger partial charge in [0.05, 0.1) is 12.2 Å². The van der Waals surface area contributed by atoms with Crippen molar-refractivity contribution in [1.82, 2.24) is 24.2 Å². The van der Waals surface area contributed by atoms with Gasteiger partial charge in [-0.1, -0.05) is 18.2 Å². The third-order valence-electron chi connectivity index (χ3n) is 6.04. The summed E-state index contributed by atoms with van der Waals surface area (Å²) in [5.74, 6) is -0.362. The number of carbonyl (C=O) groups excluding carboxylic acids is 2. The van der Waals surface area contributed by atoms with Crippen molar-refractivity contribution in [2.75, 3.05) is 11.9 Å². The molecule has 3 aromatic rings. The standard InChI is InChI=1S/C21H20N6O3/c1-25-12-14(11-23-25)18-21(15-5-2-3-6-16(15)24-19(21)29)7-10-27(18)17(28)13-26-9-4-8-22-20(26)30/h2-6,8-9,11-12,18H,7,10,13H2,1H3,(H,24,29)/t18-,21+/m0/s1. The Kier molecular flexibility index (Phi) is 4.05. The molecule has 1 aromatic carbocycles. The van der Waals surface area contributed by atoms with E-state index in [2.05, 4.69) is 15.4 Å². The molecule has 5 rings (SSSR count). The molecular weight excluding hydrogens is 384 g/mol. The molecule has 0 bridgehead atoms.